The monoisotopic (exact) mass is 978 g/mol. The molecule has 14 nitrogen and oxygen atoms in total. The number of thioether (sulfide) groups is 1. The Morgan fingerprint density at radius 3 is 1.90 bits per heavy atom. The summed E-state index contributed by atoms with van der Waals surface area (Å²) in [6.07, 6.45) is 0. The van der Waals surface area contributed by atoms with Gasteiger partial charge in [0.25, 0.3) is 0 Å². The lowest BCUT2D eigenvalue weighted by atomic mass is 10.1. The predicted molar refractivity (Wildman–Crippen MR) is 281 cm³/mol. The number of nitrogens with zero attached hydrogens (tertiary/aromatic N) is 9. The third-order valence-corrected chi connectivity index (χ3v) is 12.5. The number of fused-ring (bicyclic) bond motifs is 6. The van der Waals surface area contributed by atoms with Crippen LogP contribution in [0.1, 0.15) is 61.4 Å². The molecule has 3 N–H and O–H groups in total. The van der Waals surface area contributed by atoms with E-state index in [4.69, 9.17) is 40.7 Å². The van der Waals surface area contributed by atoms with Gasteiger partial charge in [-0.2, -0.15) is 36.7 Å². The topological polar surface area (TPSA) is 251 Å². The van der Waals surface area contributed by atoms with Gasteiger partial charge in [-0.15, -0.1) is 11.3 Å². The van der Waals surface area contributed by atoms with Crippen LogP contribution in [0.15, 0.2) is 131 Å². The number of imidazole rings is 1. The number of nitrogens with one attached hydrogen (secondary N) is 3. The molecule has 0 saturated carbocycles. The largest absolute Gasteiger partial charge is 0.464 e. The highest BCUT2D eigenvalue weighted by Gasteiger charge is 2.22. The van der Waals surface area contributed by atoms with E-state index in [0.29, 0.717) is 28.0 Å². The van der Waals surface area contributed by atoms with Crippen LogP contribution in [0.3, 0.4) is 0 Å². The van der Waals surface area contributed by atoms with Gasteiger partial charge in [-0.1, -0.05) is 59.3 Å². The molecule has 12 rings (SSSR count). The third-order valence-electron chi connectivity index (χ3n) is 10.6. The molecule has 1 aliphatic rings. The molecule has 0 saturated heterocycles. The maximum absolute atomic E-state index is 8.66. The van der Waals surface area contributed by atoms with Crippen molar-refractivity contribution in [1.82, 2.24) is 30.1 Å². The van der Waals surface area contributed by atoms with Crippen molar-refractivity contribution in [2.45, 2.75) is 51.9 Å². The van der Waals surface area contributed by atoms with Gasteiger partial charge in [-0.05, 0) is 143 Å². The Labute approximate surface area is 422 Å². The minimum Gasteiger partial charge on any atom is -0.464 e. The summed E-state index contributed by atoms with van der Waals surface area (Å²) >= 11 is 2.91. The average Bonchev–Trinajstić information content (AvgIpc) is 4.26. The number of thiazole rings is 1. The molecular weight excluding hydrogens is 937 g/mol. The number of benzene rings is 6. The van der Waals surface area contributed by atoms with Gasteiger partial charge >= 0.3 is 0 Å². The van der Waals surface area contributed by atoms with Crippen LogP contribution in [0.4, 0.5) is 0 Å². The van der Waals surface area contributed by atoms with Gasteiger partial charge in [-0.25, -0.2) is 9.97 Å². The number of aryl methyl sites for hydroxylation is 6. The number of ether oxygens (including phenoxy) is 1. The Bertz CT molecular complexity index is 3640. The lowest BCUT2D eigenvalue weighted by molar-refractivity contribution is 0.344. The molecular formula is C56H42N12O2S2. The van der Waals surface area contributed by atoms with Crippen molar-refractivity contribution in [2.75, 3.05) is 0 Å². The zero-order chi connectivity index (χ0) is 51.3. The maximum atomic E-state index is 8.66. The third kappa shape index (κ3) is 12.7. The minimum absolute atomic E-state index is 0.359. The highest BCUT2D eigenvalue weighted by Crippen LogP contribution is 2.40. The molecule has 0 radical (unpaired) electrons. The summed E-state index contributed by atoms with van der Waals surface area (Å²) < 4.78 is 11.6. The number of nitriles is 6. The van der Waals surface area contributed by atoms with E-state index in [2.05, 4.69) is 48.3 Å². The number of hydrogen-bond donors (Lipinski definition) is 3. The molecule has 5 aromatic heterocycles. The molecule has 11 aromatic rings. The summed E-state index contributed by atoms with van der Waals surface area (Å²) in [5.41, 5.74) is 13.2. The number of H-pyrrole nitrogens is 3. The molecule has 0 bridgehead atoms. The molecule has 0 aliphatic carbocycles. The van der Waals surface area contributed by atoms with Gasteiger partial charge in [0.05, 0.1) is 31.7 Å². The van der Waals surface area contributed by atoms with Crippen molar-refractivity contribution in [3.8, 4) is 42.2 Å². The summed E-state index contributed by atoms with van der Waals surface area (Å²) in [5, 5.41) is 61.8. The van der Waals surface area contributed by atoms with Crippen LogP contribution in [0.25, 0.3) is 54.0 Å². The summed E-state index contributed by atoms with van der Waals surface area (Å²) in [5.74, 6) is 1.57. The van der Waals surface area contributed by atoms with Gasteiger partial charge in [0.15, 0.2) is 10.7 Å². The fourth-order valence-electron chi connectivity index (χ4n) is 7.12. The quantitative estimate of drug-likeness (QED) is 0.128. The minimum atomic E-state index is -0.359. The van der Waals surface area contributed by atoms with E-state index >= 15 is 0 Å². The van der Waals surface area contributed by atoms with E-state index < -0.39 is 0 Å². The van der Waals surface area contributed by atoms with Crippen LogP contribution in [0.2, 0.25) is 0 Å². The Hall–Kier alpha value is -9.68. The average molecular weight is 979 g/mol. The highest BCUT2D eigenvalue weighted by molar-refractivity contribution is 8.00. The van der Waals surface area contributed by atoms with Crippen LogP contribution in [-0.4, -0.2) is 35.6 Å². The number of hydrogen-bond acceptors (Lipinski definition) is 13. The van der Waals surface area contributed by atoms with Crippen molar-refractivity contribution in [3.63, 3.8) is 0 Å². The van der Waals surface area contributed by atoms with E-state index in [1.807, 2.05) is 175 Å². The molecule has 1 atom stereocenters. The van der Waals surface area contributed by atoms with Gasteiger partial charge in [-0.3, -0.25) is 5.10 Å². The molecule has 1 unspecified atom stereocenters. The van der Waals surface area contributed by atoms with Gasteiger partial charge in [0, 0.05) is 27.7 Å². The summed E-state index contributed by atoms with van der Waals surface area (Å²) in [6, 6.07) is 51.4. The van der Waals surface area contributed by atoms with Crippen LogP contribution in [0, 0.1) is 110 Å². The molecule has 6 aromatic carbocycles. The van der Waals surface area contributed by atoms with Gasteiger partial charge < -0.3 is 19.1 Å². The van der Waals surface area contributed by atoms with Crippen molar-refractivity contribution < 1.29 is 9.15 Å². The van der Waals surface area contributed by atoms with Crippen molar-refractivity contribution in [1.29, 1.82) is 31.6 Å². The molecule has 0 amide bonds. The normalized spacial score (nSPS) is 11.6. The first-order chi connectivity index (χ1) is 34.8. The smallest absolute Gasteiger partial charge is 0.235 e. The second kappa shape index (κ2) is 23.1. The zero-order valence-corrected chi connectivity index (χ0v) is 41.4. The van der Waals surface area contributed by atoms with Crippen LogP contribution in [0.5, 0.6) is 5.75 Å². The zero-order valence-electron chi connectivity index (χ0n) is 39.8. The lowest BCUT2D eigenvalue weighted by Gasteiger charge is -1.97. The number of aromatic amines is 3. The lowest BCUT2D eigenvalue weighted by Crippen LogP contribution is -2.01. The van der Waals surface area contributed by atoms with Crippen molar-refractivity contribution in [2.24, 2.45) is 0 Å². The maximum Gasteiger partial charge on any atom is 0.235 e. The van der Waals surface area contributed by atoms with Crippen molar-refractivity contribution >= 4 is 77.1 Å². The van der Waals surface area contributed by atoms with Crippen molar-refractivity contribution in [3.05, 3.63) is 183 Å². The Morgan fingerprint density at radius 2 is 1.19 bits per heavy atom. The summed E-state index contributed by atoms with van der Waals surface area (Å²) in [7, 11) is 0. The Morgan fingerprint density at radius 1 is 0.542 bits per heavy atom. The van der Waals surface area contributed by atoms with E-state index in [9.17, 15) is 0 Å². The first kappa shape index (κ1) is 50.2. The number of aromatic nitrogens is 6. The Balaban J connectivity index is 0.000000127. The highest BCUT2D eigenvalue weighted by atomic mass is 32.2. The molecule has 1 aliphatic heterocycles. The standard InChI is InChI=1S/C10H8N2.C10H7NO.2C9H7N3.C9H6N2S.C9H7NOS/c2*1-7-2-3-10-8(4-7)5-9(6-11)12-10;1-6-2-3-7-8(4-6)12-9(5-10)11-7;1-6-2-3-7-8(4-6)11-12-9(7)5-10;2*1-6-2-3-7-8(4-6)12-9(5-10)11-7/h2-5,12H,1H3;2-5H,1H3;2*2-4H,1H3,(H,11,12);2-4H,1H3;2-4,9H,1H3. The molecule has 350 valence electrons. The fraction of sp³-hybridized carbons (Fsp3) is 0.125. The summed E-state index contributed by atoms with van der Waals surface area (Å²) in [6.45, 7) is 12.1. The number of furan rings is 1. The van der Waals surface area contributed by atoms with Gasteiger partial charge in [0.2, 0.25) is 17.0 Å². The van der Waals surface area contributed by atoms with E-state index in [1.54, 1.807) is 6.07 Å². The van der Waals surface area contributed by atoms with Crippen LogP contribution in [-0.2, 0) is 0 Å². The first-order valence-corrected chi connectivity index (χ1v) is 23.7. The predicted octanol–water partition coefficient (Wildman–Crippen LogP) is 13.3. The SMILES string of the molecule is Cc1ccc2[nH]c(C#N)cc2c1.Cc1ccc2c(C#N)n[nH]c2c1.Cc1ccc2c(c1)SC(C#N)O2.Cc1ccc2nc(C#N)[nH]c2c1.Cc1ccc2nc(C#N)sc2c1.Cc1ccc2oc(C#N)cc2c1. The molecule has 16 heteroatoms. The second-order valence-electron chi connectivity index (χ2n) is 16.3. The molecule has 6 heterocycles. The molecule has 72 heavy (non-hydrogen) atoms. The first-order valence-electron chi connectivity index (χ1n) is 22.0. The fourth-order valence-corrected chi connectivity index (χ4v) is 8.90. The van der Waals surface area contributed by atoms with E-state index in [-0.39, 0.29) is 5.44 Å². The second-order valence-corrected chi connectivity index (χ2v) is 18.5. The molecule has 0 fully saturated rings. The summed E-state index contributed by atoms with van der Waals surface area (Å²) in [4.78, 5) is 15.2. The van der Waals surface area contributed by atoms with Crippen LogP contribution < -0.4 is 4.74 Å². The van der Waals surface area contributed by atoms with Crippen LogP contribution >= 0.6 is 23.1 Å². The Kier molecular flexibility index (Phi) is 16.1. The molecule has 0 spiro atoms. The van der Waals surface area contributed by atoms with E-state index in [1.165, 1.54) is 45.4 Å². The van der Waals surface area contributed by atoms with Gasteiger partial charge in [0.1, 0.15) is 53.4 Å². The number of rotatable bonds is 0. The van der Waals surface area contributed by atoms with E-state index in [0.717, 1.165) is 75.8 Å².